The van der Waals surface area contributed by atoms with Crippen LogP contribution in [0, 0.1) is 0 Å². The van der Waals surface area contributed by atoms with Crippen LogP contribution in [-0.2, 0) is 4.79 Å². The average Bonchev–Trinajstić information content (AvgIpc) is 2.73. The van der Waals surface area contributed by atoms with Crippen LogP contribution < -0.4 is 5.32 Å². The van der Waals surface area contributed by atoms with E-state index in [0.29, 0.717) is 17.8 Å². The summed E-state index contributed by atoms with van der Waals surface area (Å²) < 4.78 is 5.21. The van der Waals surface area contributed by atoms with Crippen LogP contribution in [0.4, 0.5) is 5.82 Å². The maximum absolute atomic E-state index is 10.9. The Kier molecular flexibility index (Phi) is 2.76. The van der Waals surface area contributed by atoms with E-state index in [1.165, 1.54) is 0 Å². The van der Waals surface area contributed by atoms with Gasteiger partial charge in [0.05, 0.1) is 11.6 Å². The third-order valence-corrected chi connectivity index (χ3v) is 2.40. The largest absolute Gasteiger partial charge is 0.480 e. The van der Waals surface area contributed by atoms with E-state index in [1.807, 2.05) is 0 Å². The molecule has 0 aliphatic rings. The second-order valence-corrected chi connectivity index (χ2v) is 3.44. The standard InChI is InChI=1S/C11H12N2O3/c1-2-8(11(14)15)13-10-7-4-6-16-9(7)3-5-12-10/h3-6,8H,2H2,1H3,(H,12,13)(H,14,15). The van der Waals surface area contributed by atoms with Crippen molar-refractivity contribution < 1.29 is 14.3 Å². The molecule has 2 N–H and O–H groups in total. The van der Waals surface area contributed by atoms with Crippen LogP contribution in [0.25, 0.3) is 11.0 Å². The van der Waals surface area contributed by atoms with E-state index in [0.717, 1.165) is 5.39 Å². The lowest BCUT2D eigenvalue weighted by atomic mass is 10.2. The molecule has 1 unspecified atom stereocenters. The lowest BCUT2D eigenvalue weighted by Gasteiger charge is -2.12. The van der Waals surface area contributed by atoms with Gasteiger partial charge < -0.3 is 14.8 Å². The number of nitrogens with one attached hydrogen (secondary N) is 1. The maximum Gasteiger partial charge on any atom is 0.326 e. The second kappa shape index (κ2) is 4.22. The molecular weight excluding hydrogens is 208 g/mol. The highest BCUT2D eigenvalue weighted by Gasteiger charge is 2.16. The average molecular weight is 220 g/mol. The zero-order valence-electron chi connectivity index (χ0n) is 8.80. The lowest BCUT2D eigenvalue weighted by Crippen LogP contribution is -2.28. The Balaban J connectivity index is 2.33. The summed E-state index contributed by atoms with van der Waals surface area (Å²) in [6.45, 7) is 1.81. The molecule has 0 aliphatic carbocycles. The van der Waals surface area contributed by atoms with Crippen molar-refractivity contribution in [2.45, 2.75) is 19.4 Å². The van der Waals surface area contributed by atoms with Crippen molar-refractivity contribution in [1.29, 1.82) is 0 Å². The molecule has 0 radical (unpaired) electrons. The highest BCUT2D eigenvalue weighted by Crippen LogP contribution is 2.22. The van der Waals surface area contributed by atoms with E-state index >= 15 is 0 Å². The number of nitrogens with zero attached hydrogens (tertiary/aromatic N) is 1. The Labute approximate surface area is 92.1 Å². The monoisotopic (exact) mass is 220 g/mol. The Morgan fingerprint density at radius 2 is 2.44 bits per heavy atom. The molecule has 0 fully saturated rings. The molecule has 2 aromatic heterocycles. The van der Waals surface area contributed by atoms with E-state index in [1.54, 1.807) is 31.5 Å². The zero-order chi connectivity index (χ0) is 11.5. The fourth-order valence-corrected chi connectivity index (χ4v) is 1.51. The molecule has 0 aromatic carbocycles. The predicted octanol–water partition coefficient (Wildman–Crippen LogP) is 2.10. The van der Waals surface area contributed by atoms with Crippen LogP contribution in [-0.4, -0.2) is 22.1 Å². The summed E-state index contributed by atoms with van der Waals surface area (Å²) in [4.78, 5) is 15.0. The molecule has 5 heteroatoms. The molecule has 84 valence electrons. The number of pyridine rings is 1. The van der Waals surface area contributed by atoms with Gasteiger partial charge in [0, 0.05) is 6.20 Å². The first-order chi connectivity index (χ1) is 7.72. The number of hydrogen-bond acceptors (Lipinski definition) is 4. The first kappa shape index (κ1) is 10.5. The van der Waals surface area contributed by atoms with Gasteiger partial charge in [0.15, 0.2) is 0 Å². The molecule has 2 aromatic rings. The fourth-order valence-electron chi connectivity index (χ4n) is 1.51. The number of carbonyl (C=O) groups is 1. The summed E-state index contributed by atoms with van der Waals surface area (Å²) in [5.74, 6) is -0.342. The lowest BCUT2D eigenvalue weighted by molar-refractivity contribution is -0.137. The van der Waals surface area contributed by atoms with Crippen LogP contribution in [0.3, 0.4) is 0 Å². The molecule has 2 rings (SSSR count). The minimum atomic E-state index is -0.884. The van der Waals surface area contributed by atoms with Gasteiger partial charge in [-0.25, -0.2) is 9.78 Å². The summed E-state index contributed by atoms with van der Waals surface area (Å²) in [5, 5.41) is 12.6. The molecule has 0 spiro atoms. The van der Waals surface area contributed by atoms with Crippen molar-refractivity contribution in [3.63, 3.8) is 0 Å². The number of fused-ring (bicyclic) bond motifs is 1. The quantitative estimate of drug-likeness (QED) is 0.825. The smallest absolute Gasteiger partial charge is 0.326 e. The number of carboxylic acid groups (broad SMARTS) is 1. The highest BCUT2D eigenvalue weighted by atomic mass is 16.4. The van der Waals surface area contributed by atoms with Gasteiger partial charge in [0.1, 0.15) is 17.4 Å². The van der Waals surface area contributed by atoms with Crippen molar-refractivity contribution in [1.82, 2.24) is 4.98 Å². The molecular formula is C11H12N2O3. The van der Waals surface area contributed by atoms with Crippen molar-refractivity contribution in [2.75, 3.05) is 5.32 Å². The number of hydrogen-bond donors (Lipinski definition) is 2. The third-order valence-electron chi connectivity index (χ3n) is 2.40. The summed E-state index contributed by atoms with van der Waals surface area (Å²) in [6, 6.07) is 2.87. The first-order valence-corrected chi connectivity index (χ1v) is 5.04. The molecule has 0 amide bonds. The molecule has 0 bridgehead atoms. The summed E-state index contributed by atoms with van der Waals surface area (Å²) in [7, 11) is 0. The van der Waals surface area contributed by atoms with E-state index in [2.05, 4.69) is 10.3 Å². The van der Waals surface area contributed by atoms with Gasteiger partial charge in [-0.2, -0.15) is 0 Å². The van der Waals surface area contributed by atoms with Gasteiger partial charge in [-0.05, 0) is 18.6 Å². The second-order valence-electron chi connectivity index (χ2n) is 3.44. The third kappa shape index (κ3) is 1.84. The summed E-state index contributed by atoms with van der Waals surface area (Å²) in [5.41, 5.74) is 0.692. The molecule has 5 nitrogen and oxygen atoms in total. The van der Waals surface area contributed by atoms with E-state index in [9.17, 15) is 4.79 Å². The Hall–Kier alpha value is -2.04. The van der Waals surface area contributed by atoms with Gasteiger partial charge in [-0.15, -0.1) is 0 Å². The van der Waals surface area contributed by atoms with Crippen molar-refractivity contribution in [3.8, 4) is 0 Å². The number of carboxylic acids is 1. The van der Waals surface area contributed by atoms with Crippen molar-refractivity contribution >= 4 is 22.8 Å². The summed E-state index contributed by atoms with van der Waals surface area (Å²) >= 11 is 0. The topological polar surface area (TPSA) is 75.4 Å². The fraction of sp³-hybridized carbons (Fsp3) is 0.273. The molecule has 0 saturated heterocycles. The van der Waals surface area contributed by atoms with Crippen molar-refractivity contribution in [2.24, 2.45) is 0 Å². The number of aliphatic carboxylic acids is 1. The number of anilines is 1. The van der Waals surface area contributed by atoms with Crippen LogP contribution in [0.5, 0.6) is 0 Å². The van der Waals surface area contributed by atoms with E-state index in [-0.39, 0.29) is 0 Å². The Morgan fingerprint density at radius 3 is 3.12 bits per heavy atom. The van der Waals surface area contributed by atoms with Crippen LogP contribution in [0.2, 0.25) is 0 Å². The van der Waals surface area contributed by atoms with Gasteiger partial charge in [-0.1, -0.05) is 6.92 Å². The minimum absolute atomic E-state index is 0.491. The molecule has 16 heavy (non-hydrogen) atoms. The van der Waals surface area contributed by atoms with Crippen LogP contribution in [0.15, 0.2) is 29.0 Å². The molecule has 2 heterocycles. The van der Waals surface area contributed by atoms with E-state index < -0.39 is 12.0 Å². The molecule has 0 aliphatic heterocycles. The predicted molar refractivity (Wildman–Crippen MR) is 59.3 cm³/mol. The normalized spacial score (nSPS) is 12.6. The Bertz CT molecular complexity index is 507. The van der Waals surface area contributed by atoms with Gasteiger partial charge in [0.25, 0.3) is 0 Å². The number of furan rings is 1. The van der Waals surface area contributed by atoms with Crippen LogP contribution in [0.1, 0.15) is 13.3 Å². The van der Waals surface area contributed by atoms with Crippen molar-refractivity contribution in [3.05, 3.63) is 24.6 Å². The van der Waals surface area contributed by atoms with Gasteiger partial charge in [0.2, 0.25) is 0 Å². The van der Waals surface area contributed by atoms with Crippen LogP contribution >= 0.6 is 0 Å². The summed E-state index contributed by atoms with van der Waals surface area (Å²) in [6.07, 6.45) is 3.63. The minimum Gasteiger partial charge on any atom is -0.480 e. The number of rotatable bonds is 4. The van der Waals surface area contributed by atoms with E-state index in [4.69, 9.17) is 9.52 Å². The highest BCUT2D eigenvalue weighted by molar-refractivity contribution is 5.89. The van der Waals surface area contributed by atoms with Gasteiger partial charge in [-0.3, -0.25) is 0 Å². The first-order valence-electron chi connectivity index (χ1n) is 5.04. The molecule has 1 atom stereocenters. The zero-order valence-corrected chi connectivity index (χ0v) is 8.80. The molecule has 0 saturated carbocycles. The number of aromatic nitrogens is 1. The van der Waals surface area contributed by atoms with Gasteiger partial charge >= 0.3 is 5.97 Å². The Morgan fingerprint density at radius 1 is 1.62 bits per heavy atom. The SMILES string of the molecule is CCC(Nc1nccc2occc12)C(=O)O. The maximum atomic E-state index is 10.9.